The summed E-state index contributed by atoms with van der Waals surface area (Å²) >= 11 is 0. The molecule has 2 aromatic rings. The highest BCUT2D eigenvalue weighted by Gasteiger charge is 2.18. The Balaban J connectivity index is 1.88. The zero-order chi connectivity index (χ0) is 19.4. The van der Waals surface area contributed by atoms with E-state index in [4.69, 9.17) is 5.10 Å². The fourth-order valence-electron chi connectivity index (χ4n) is 3.31. The van der Waals surface area contributed by atoms with Gasteiger partial charge >= 0.3 is 0 Å². The predicted octanol–water partition coefficient (Wildman–Crippen LogP) is 4.45. The monoisotopic (exact) mass is 382 g/mol. The normalized spacial score (nSPS) is 15.9. The number of hydrogen-bond acceptors (Lipinski definition) is 3. The van der Waals surface area contributed by atoms with Crippen molar-refractivity contribution in [2.24, 2.45) is 5.10 Å². The number of aryl methyl sites for hydroxylation is 1. The highest BCUT2D eigenvalue weighted by atomic mass is 31.1. The lowest BCUT2D eigenvalue weighted by atomic mass is 9.86. The van der Waals surface area contributed by atoms with Crippen LogP contribution in [0.1, 0.15) is 56.7 Å². The van der Waals surface area contributed by atoms with Crippen LogP contribution in [0.3, 0.4) is 0 Å². The lowest BCUT2D eigenvalue weighted by molar-refractivity contribution is 0.240. The largest absolute Gasteiger partial charge is 0.507 e. The van der Waals surface area contributed by atoms with E-state index in [2.05, 4.69) is 62.2 Å². The van der Waals surface area contributed by atoms with Crippen molar-refractivity contribution in [1.82, 2.24) is 5.01 Å². The Bertz CT molecular complexity index is 818. The van der Waals surface area contributed by atoms with E-state index in [0.717, 1.165) is 29.5 Å². The maximum atomic E-state index is 10.6. The summed E-state index contributed by atoms with van der Waals surface area (Å²) in [6, 6.07) is 12.7. The Kier molecular flexibility index (Phi) is 6.22. The second kappa shape index (κ2) is 8.44. The number of nitrogens with zero attached hydrogens (tertiary/aromatic N) is 2. The SMILES string of the molecule is Cc1cc(C(C)(C)C)cc(Pc2ccccc2/C=N/N2CCCCC2)c1O. The number of phenols is 1. The lowest BCUT2D eigenvalue weighted by Crippen LogP contribution is -2.25. The average Bonchev–Trinajstić information content (AvgIpc) is 2.64. The van der Waals surface area contributed by atoms with Gasteiger partial charge in [0.2, 0.25) is 0 Å². The summed E-state index contributed by atoms with van der Waals surface area (Å²) in [4.78, 5) is 0. The molecular weight excluding hydrogens is 351 g/mol. The molecule has 1 atom stereocenters. The van der Waals surface area contributed by atoms with E-state index in [1.807, 2.05) is 13.1 Å². The minimum atomic E-state index is 0.0624. The van der Waals surface area contributed by atoms with Crippen molar-refractivity contribution in [1.29, 1.82) is 0 Å². The second-order valence-electron chi connectivity index (χ2n) is 8.41. The van der Waals surface area contributed by atoms with Crippen LogP contribution in [0, 0.1) is 6.92 Å². The summed E-state index contributed by atoms with van der Waals surface area (Å²) in [6.07, 6.45) is 5.76. The number of rotatable bonds is 4. The first-order valence-electron chi connectivity index (χ1n) is 9.83. The van der Waals surface area contributed by atoms with Crippen LogP contribution in [0.15, 0.2) is 41.5 Å². The number of hydrazone groups is 1. The first-order valence-corrected chi connectivity index (χ1v) is 10.8. The fourth-order valence-corrected chi connectivity index (χ4v) is 4.62. The maximum absolute atomic E-state index is 10.6. The molecule has 0 aliphatic carbocycles. The molecule has 1 saturated heterocycles. The number of benzene rings is 2. The molecule has 0 amide bonds. The number of aromatic hydroxyl groups is 1. The smallest absolute Gasteiger partial charge is 0.126 e. The Morgan fingerprint density at radius 1 is 1.04 bits per heavy atom. The van der Waals surface area contributed by atoms with Gasteiger partial charge in [0.1, 0.15) is 5.75 Å². The Morgan fingerprint density at radius 3 is 2.44 bits per heavy atom. The van der Waals surface area contributed by atoms with Gasteiger partial charge in [-0.3, -0.25) is 5.01 Å². The van der Waals surface area contributed by atoms with Crippen LogP contribution in [0.25, 0.3) is 0 Å². The molecule has 4 heteroatoms. The van der Waals surface area contributed by atoms with Gasteiger partial charge in [-0.05, 0) is 54.1 Å². The minimum absolute atomic E-state index is 0.0624. The van der Waals surface area contributed by atoms with Gasteiger partial charge in [0.15, 0.2) is 0 Å². The maximum Gasteiger partial charge on any atom is 0.126 e. The van der Waals surface area contributed by atoms with Crippen LogP contribution < -0.4 is 10.6 Å². The van der Waals surface area contributed by atoms with E-state index < -0.39 is 0 Å². The van der Waals surface area contributed by atoms with Gasteiger partial charge in [0.25, 0.3) is 0 Å². The van der Waals surface area contributed by atoms with Crippen molar-refractivity contribution in [3.63, 3.8) is 0 Å². The highest BCUT2D eigenvalue weighted by Crippen LogP contribution is 2.30. The van der Waals surface area contributed by atoms with Crippen molar-refractivity contribution >= 4 is 25.4 Å². The van der Waals surface area contributed by atoms with Crippen molar-refractivity contribution in [2.45, 2.75) is 52.4 Å². The molecule has 0 spiro atoms. The summed E-state index contributed by atoms with van der Waals surface area (Å²) in [5.41, 5.74) is 3.41. The fraction of sp³-hybridized carbons (Fsp3) is 0.435. The molecule has 0 aromatic heterocycles. The highest BCUT2D eigenvalue weighted by molar-refractivity contribution is 7.56. The van der Waals surface area contributed by atoms with Crippen molar-refractivity contribution in [2.75, 3.05) is 13.1 Å². The first kappa shape index (κ1) is 19.9. The molecule has 1 fully saturated rings. The van der Waals surface area contributed by atoms with Gasteiger partial charge in [-0.1, -0.05) is 59.7 Å². The van der Waals surface area contributed by atoms with Crippen LogP contribution >= 0.6 is 8.58 Å². The lowest BCUT2D eigenvalue weighted by Gasteiger charge is -2.23. The van der Waals surface area contributed by atoms with Crippen LogP contribution in [0.5, 0.6) is 5.75 Å². The van der Waals surface area contributed by atoms with E-state index in [0.29, 0.717) is 14.3 Å². The third-order valence-electron chi connectivity index (χ3n) is 5.09. The summed E-state index contributed by atoms with van der Waals surface area (Å²) in [7, 11) is 0.405. The number of hydrogen-bond donors (Lipinski definition) is 1. The Labute approximate surface area is 165 Å². The molecule has 1 N–H and O–H groups in total. The topological polar surface area (TPSA) is 35.8 Å². The van der Waals surface area contributed by atoms with Crippen LogP contribution in [-0.2, 0) is 5.41 Å². The molecule has 3 nitrogen and oxygen atoms in total. The molecule has 1 aliphatic rings. The van der Waals surface area contributed by atoms with Crippen LogP contribution in [0.2, 0.25) is 0 Å². The second-order valence-corrected chi connectivity index (χ2v) is 9.74. The third kappa shape index (κ3) is 5.11. The van der Waals surface area contributed by atoms with Crippen LogP contribution in [-0.4, -0.2) is 29.4 Å². The van der Waals surface area contributed by atoms with E-state index in [9.17, 15) is 5.11 Å². The molecule has 0 saturated carbocycles. The van der Waals surface area contributed by atoms with Gasteiger partial charge in [-0.25, -0.2) is 0 Å². The molecule has 1 heterocycles. The predicted molar refractivity (Wildman–Crippen MR) is 119 cm³/mol. The molecule has 3 rings (SSSR count). The zero-order valence-electron chi connectivity index (χ0n) is 16.9. The zero-order valence-corrected chi connectivity index (χ0v) is 17.9. The summed E-state index contributed by atoms with van der Waals surface area (Å²) in [5, 5.41) is 19.7. The van der Waals surface area contributed by atoms with Crippen molar-refractivity contribution in [3.8, 4) is 5.75 Å². The van der Waals surface area contributed by atoms with Gasteiger partial charge < -0.3 is 5.11 Å². The molecular formula is C23H31N2OP. The Morgan fingerprint density at radius 2 is 1.74 bits per heavy atom. The van der Waals surface area contributed by atoms with Gasteiger partial charge in [0.05, 0.1) is 6.21 Å². The average molecular weight is 382 g/mol. The summed E-state index contributed by atoms with van der Waals surface area (Å²) in [5.74, 6) is 0.420. The molecule has 1 unspecified atom stereocenters. The van der Waals surface area contributed by atoms with E-state index >= 15 is 0 Å². The first-order chi connectivity index (χ1) is 12.8. The molecule has 1 aliphatic heterocycles. The van der Waals surface area contributed by atoms with Gasteiger partial charge in [-0.15, -0.1) is 0 Å². The van der Waals surface area contributed by atoms with Crippen molar-refractivity contribution in [3.05, 3.63) is 53.1 Å². The molecule has 0 radical (unpaired) electrons. The van der Waals surface area contributed by atoms with Crippen molar-refractivity contribution < 1.29 is 5.11 Å². The standard InChI is InChI=1S/C23H31N2OP/c1-17-14-19(23(2,3)4)15-21(22(17)26)27-20-11-7-6-10-18(20)16-24-25-12-8-5-9-13-25/h6-7,10-11,14-16,26-27H,5,8-9,12-13H2,1-4H3/b24-16+. The minimum Gasteiger partial charge on any atom is -0.507 e. The number of phenolic OH excluding ortho intramolecular Hbond substituents is 1. The van der Waals surface area contributed by atoms with E-state index in [1.165, 1.54) is 30.1 Å². The summed E-state index contributed by atoms with van der Waals surface area (Å²) in [6.45, 7) is 10.7. The van der Waals surface area contributed by atoms with Crippen LogP contribution in [0.4, 0.5) is 0 Å². The Hall–Kier alpha value is -1.86. The molecule has 144 valence electrons. The quantitative estimate of drug-likeness (QED) is 0.627. The number of piperidine rings is 1. The molecule has 2 aromatic carbocycles. The van der Waals surface area contributed by atoms with Gasteiger partial charge in [-0.2, -0.15) is 5.10 Å². The molecule has 27 heavy (non-hydrogen) atoms. The summed E-state index contributed by atoms with van der Waals surface area (Å²) < 4.78 is 0. The third-order valence-corrected chi connectivity index (χ3v) is 6.46. The van der Waals surface area contributed by atoms with E-state index in [-0.39, 0.29) is 5.41 Å². The molecule has 0 bridgehead atoms. The van der Waals surface area contributed by atoms with Gasteiger partial charge in [0, 0.05) is 24.0 Å². The van der Waals surface area contributed by atoms with E-state index in [1.54, 1.807) is 0 Å².